The van der Waals surface area contributed by atoms with Crippen LogP contribution in [-0.2, 0) is 6.42 Å². The molecule has 3 aromatic heterocycles. The number of hydrogen-bond donors (Lipinski definition) is 0. The summed E-state index contributed by atoms with van der Waals surface area (Å²) in [6.45, 7) is 2.33. The summed E-state index contributed by atoms with van der Waals surface area (Å²) in [5.74, 6) is 0.439. The zero-order chi connectivity index (χ0) is 36.5. The average molecular weight is 704 g/mol. The van der Waals surface area contributed by atoms with Crippen LogP contribution in [0.3, 0.4) is 0 Å². The van der Waals surface area contributed by atoms with Gasteiger partial charge in [-0.05, 0) is 94.4 Å². The summed E-state index contributed by atoms with van der Waals surface area (Å²) in [5.41, 5.74) is 15.0. The Bertz CT molecular complexity index is 3050. The van der Waals surface area contributed by atoms with Crippen molar-refractivity contribution in [3.63, 3.8) is 0 Å². The van der Waals surface area contributed by atoms with Gasteiger partial charge in [0, 0.05) is 44.4 Å². The number of nitrogens with zero attached hydrogens (tertiary/aromatic N) is 3. The minimum atomic E-state index is 0.439. The van der Waals surface area contributed by atoms with E-state index < -0.39 is 0 Å². The molecule has 1 unspecified atom stereocenters. The van der Waals surface area contributed by atoms with E-state index in [0.717, 1.165) is 45.9 Å². The number of rotatable bonds is 5. The van der Waals surface area contributed by atoms with Crippen LogP contribution in [0.1, 0.15) is 18.2 Å². The van der Waals surface area contributed by atoms with E-state index in [0.29, 0.717) is 5.92 Å². The fourth-order valence-electron chi connectivity index (χ4n) is 8.92. The van der Waals surface area contributed by atoms with Crippen LogP contribution < -0.4 is 0 Å². The first kappa shape index (κ1) is 31.5. The van der Waals surface area contributed by atoms with Crippen molar-refractivity contribution in [2.24, 2.45) is 5.92 Å². The molecule has 7 aromatic carbocycles. The zero-order valence-corrected chi connectivity index (χ0v) is 30.5. The highest BCUT2D eigenvalue weighted by Gasteiger charge is 2.27. The molecule has 1 atom stereocenters. The summed E-state index contributed by atoms with van der Waals surface area (Å²) >= 11 is 0. The zero-order valence-electron chi connectivity index (χ0n) is 30.5. The van der Waals surface area contributed by atoms with Crippen molar-refractivity contribution in [3.05, 3.63) is 193 Å². The van der Waals surface area contributed by atoms with E-state index in [4.69, 9.17) is 4.98 Å². The molecule has 260 valence electrons. The molecule has 0 bridgehead atoms. The van der Waals surface area contributed by atoms with Gasteiger partial charge in [0.15, 0.2) is 0 Å². The van der Waals surface area contributed by atoms with Crippen LogP contribution >= 0.6 is 0 Å². The Morgan fingerprint density at radius 3 is 1.95 bits per heavy atom. The third-order valence-corrected chi connectivity index (χ3v) is 11.4. The molecule has 1 aliphatic carbocycles. The molecule has 10 aromatic rings. The molecule has 0 spiro atoms. The Hall–Kier alpha value is -6.97. The summed E-state index contributed by atoms with van der Waals surface area (Å²) in [5, 5.41) is 6.20. The maximum atomic E-state index is 5.55. The molecule has 0 amide bonds. The maximum absolute atomic E-state index is 5.55. The van der Waals surface area contributed by atoms with Crippen LogP contribution in [0.2, 0.25) is 0 Å². The van der Waals surface area contributed by atoms with Crippen molar-refractivity contribution in [1.82, 2.24) is 14.1 Å². The molecule has 3 heteroatoms. The molecule has 11 rings (SSSR count). The Labute approximate surface area is 320 Å². The molecule has 0 saturated heterocycles. The van der Waals surface area contributed by atoms with Crippen LogP contribution in [0.25, 0.3) is 94.6 Å². The fourth-order valence-corrected chi connectivity index (χ4v) is 8.92. The first-order chi connectivity index (χ1) is 27.2. The SMILES string of the molecule is CC1C=Cc2c(c3cc4ccccc4c(-c4cc(-c5ccccc5)cc(-c5ccccc5)n4)c3n2-c2ccc3c4ccccc4n(-c4ccccc4)c3c2)C1. The normalized spacial score (nSPS) is 13.9. The highest BCUT2D eigenvalue weighted by atomic mass is 15.0. The van der Waals surface area contributed by atoms with Gasteiger partial charge in [0.1, 0.15) is 0 Å². The molecule has 55 heavy (non-hydrogen) atoms. The summed E-state index contributed by atoms with van der Waals surface area (Å²) in [6.07, 6.45) is 5.71. The Balaban J connectivity index is 1.27. The molecule has 0 saturated carbocycles. The van der Waals surface area contributed by atoms with Crippen molar-refractivity contribution in [2.45, 2.75) is 13.3 Å². The van der Waals surface area contributed by atoms with E-state index in [1.807, 2.05) is 0 Å². The van der Waals surface area contributed by atoms with Crippen LogP contribution in [0.15, 0.2) is 182 Å². The summed E-state index contributed by atoms with van der Waals surface area (Å²) in [4.78, 5) is 5.55. The summed E-state index contributed by atoms with van der Waals surface area (Å²) in [7, 11) is 0. The first-order valence-electron chi connectivity index (χ1n) is 19.2. The van der Waals surface area contributed by atoms with E-state index in [-0.39, 0.29) is 0 Å². The van der Waals surface area contributed by atoms with Crippen LogP contribution in [0, 0.1) is 5.92 Å². The minimum absolute atomic E-state index is 0.439. The van der Waals surface area contributed by atoms with E-state index in [1.54, 1.807) is 0 Å². The lowest BCUT2D eigenvalue weighted by Crippen LogP contribution is -2.05. The molecule has 3 nitrogen and oxygen atoms in total. The number of aromatic nitrogens is 3. The molecule has 0 aliphatic heterocycles. The molecule has 0 fully saturated rings. The van der Waals surface area contributed by atoms with E-state index in [2.05, 4.69) is 204 Å². The van der Waals surface area contributed by atoms with Crippen molar-refractivity contribution in [2.75, 3.05) is 0 Å². The number of benzene rings is 7. The number of pyridine rings is 1. The van der Waals surface area contributed by atoms with Crippen molar-refractivity contribution >= 4 is 49.6 Å². The number of allylic oxidation sites excluding steroid dienone is 1. The second kappa shape index (κ2) is 12.6. The Kier molecular flexibility index (Phi) is 7.21. The van der Waals surface area contributed by atoms with Gasteiger partial charge in [0.25, 0.3) is 0 Å². The van der Waals surface area contributed by atoms with Gasteiger partial charge in [-0.1, -0.05) is 140 Å². The largest absolute Gasteiger partial charge is 0.309 e. The Morgan fingerprint density at radius 2 is 1.15 bits per heavy atom. The molecule has 1 aliphatic rings. The van der Waals surface area contributed by atoms with Crippen LogP contribution in [0.4, 0.5) is 0 Å². The van der Waals surface area contributed by atoms with Gasteiger partial charge in [0.2, 0.25) is 0 Å². The van der Waals surface area contributed by atoms with E-state index >= 15 is 0 Å². The van der Waals surface area contributed by atoms with Gasteiger partial charge in [-0.25, -0.2) is 4.98 Å². The highest BCUT2D eigenvalue weighted by Crippen LogP contribution is 2.45. The van der Waals surface area contributed by atoms with E-state index in [1.165, 1.54) is 60.3 Å². The quantitative estimate of drug-likeness (QED) is 0.175. The van der Waals surface area contributed by atoms with Gasteiger partial charge in [-0.3, -0.25) is 0 Å². The van der Waals surface area contributed by atoms with Crippen LogP contribution in [-0.4, -0.2) is 14.1 Å². The molecular formula is C52H37N3. The topological polar surface area (TPSA) is 22.8 Å². The van der Waals surface area contributed by atoms with Gasteiger partial charge in [0.05, 0.1) is 27.9 Å². The second-order valence-corrected chi connectivity index (χ2v) is 14.9. The fraction of sp³-hybridized carbons (Fsp3) is 0.0577. The monoisotopic (exact) mass is 703 g/mol. The van der Waals surface area contributed by atoms with Crippen molar-refractivity contribution < 1.29 is 0 Å². The third kappa shape index (κ3) is 5.08. The minimum Gasteiger partial charge on any atom is -0.309 e. The maximum Gasteiger partial charge on any atom is 0.0743 e. The first-order valence-corrected chi connectivity index (χ1v) is 19.2. The predicted octanol–water partition coefficient (Wildman–Crippen LogP) is 13.5. The Morgan fingerprint density at radius 1 is 0.491 bits per heavy atom. The molecule has 3 heterocycles. The second-order valence-electron chi connectivity index (χ2n) is 14.9. The summed E-state index contributed by atoms with van der Waals surface area (Å²) in [6, 6.07) is 63.6. The van der Waals surface area contributed by atoms with Crippen LogP contribution in [0.5, 0.6) is 0 Å². The van der Waals surface area contributed by atoms with Crippen molar-refractivity contribution in [3.8, 4) is 45.0 Å². The lowest BCUT2D eigenvalue weighted by Gasteiger charge is -2.18. The lowest BCUT2D eigenvalue weighted by molar-refractivity contribution is 0.718. The van der Waals surface area contributed by atoms with Crippen molar-refractivity contribution in [1.29, 1.82) is 0 Å². The van der Waals surface area contributed by atoms with Gasteiger partial charge < -0.3 is 9.13 Å². The summed E-state index contributed by atoms with van der Waals surface area (Å²) < 4.78 is 4.94. The van der Waals surface area contributed by atoms with Gasteiger partial charge in [-0.15, -0.1) is 0 Å². The average Bonchev–Trinajstić information content (AvgIpc) is 3.75. The number of fused-ring (bicyclic) bond motifs is 7. The smallest absolute Gasteiger partial charge is 0.0743 e. The highest BCUT2D eigenvalue weighted by molar-refractivity contribution is 6.15. The number of para-hydroxylation sites is 2. The molecule has 0 radical (unpaired) electrons. The lowest BCUT2D eigenvalue weighted by atomic mass is 9.90. The molecular weight excluding hydrogens is 667 g/mol. The van der Waals surface area contributed by atoms with E-state index in [9.17, 15) is 0 Å². The molecule has 0 N–H and O–H groups in total. The third-order valence-electron chi connectivity index (χ3n) is 11.4. The predicted molar refractivity (Wildman–Crippen MR) is 231 cm³/mol. The standard InChI is InChI=1S/C52H37N3/c1-34-25-28-49-44(29-34)45-30-37-19-11-12-22-41(37)51(47-32-38(35-15-5-2-6-16-35)31-46(53-47)36-17-7-3-8-18-36)52(45)55(49)40-26-27-43-42-23-13-14-24-48(42)54(50(43)33-40)39-20-9-4-10-21-39/h2-28,30-34H,29H2,1H3. The van der Waals surface area contributed by atoms with Gasteiger partial charge in [-0.2, -0.15) is 0 Å². The van der Waals surface area contributed by atoms with Gasteiger partial charge >= 0.3 is 0 Å². The number of hydrogen-bond acceptors (Lipinski definition) is 1.